The lowest BCUT2D eigenvalue weighted by atomic mass is 9.96. The Morgan fingerprint density at radius 3 is 2.39 bits per heavy atom. The van der Waals surface area contributed by atoms with E-state index in [0.29, 0.717) is 12.2 Å². The number of carbonyl (C=O) groups is 2. The highest BCUT2D eigenvalue weighted by atomic mass is 32.2. The van der Waals surface area contributed by atoms with E-state index < -0.39 is 0 Å². The van der Waals surface area contributed by atoms with Crippen molar-refractivity contribution in [3.05, 3.63) is 48.5 Å². The van der Waals surface area contributed by atoms with Gasteiger partial charge in [-0.15, -0.1) is 0 Å². The zero-order valence-corrected chi connectivity index (χ0v) is 22.8. The number of urea groups is 1. The number of carbonyl (C=O) groups excluding carboxylic acids is 2. The molecule has 1 fully saturated rings. The molecule has 2 amide bonds. The van der Waals surface area contributed by atoms with Crippen molar-refractivity contribution in [2.45, 2.75) is 107 Å². The first-order chi connectivity index (χ1) is 17.6. The fourth-order valence-electron chi connectivity index (χ4n) is 4.56. The van der Waals surface area contributed by atoms with Gasteiger partial charge in [0.05, 0.1) is 0 Å². The third-order valence-electron chi connectivity index (χ3n) is 6.52. The molecule has 0 saturated heterocycles. The third-order valence-corrected chi connectivity index (χ3v) is 7.50. The minimum atomic E-state index is -0.208. The molecule has 3 rings (SSSR count). The van der Waals surface area contributed by atoms with E-state index in [1.165, 1.54) is 38.5 Å². The average molecular weight is 511 g/mol. The second kappa shape index (κ2) is 15.6. The van der Waals surface area contributed by atoms with Gasteiger partial charge in [-0.25, -0.2) is 4.79 Å². The van der Waals surface area contributed by atoms with Gasteiger partial charge in [0.25, 0.3) is 0 Å². The summed E-state index contributed by atoms with van der Waals surface area (Å²) in [5, 5.41) is 3.31. The van der Waals surface area contributed by atoms with Gasteiger partial charge in [0.15, 0.2) is 0 Å². The molecule has 0 heterocycles. The number of benzene rings is 2. The quantitative estimate of drug-likeness (QED) is 0.167. The molecule has 0 radical (unpaired) electrons. The van der Waals surface area contributed by atoms with E-state index in [1.807, 2.05) is 48.2 Å². The van der Waals surface area contributed by atoms with E-state index in [9.17, 15) is 9.59 Å². The molecule has 0 aromatic heterocycles. The summed E-state index contributed by atoms with van der Waals surface area (Å²) in [7, 11) is 0. The lowest BCUT2D eigenvalue weighted by Gasteiger charge is -2.29. The number of esters is 1. The fourth-order valence-corrected chi connectivity index (χ4v) is 5.48. The van der Waals surface area contributed by atoms with Crippen molar-refractivity contribution < 1.29 is 14.3 Å². The number of rotatable bonds is 13. The molecule has 0 aliphatic heterocycles. The van der Waals surface area contributed by atoms with Crippen LogP contribution in [0, 0.1) is 0 Å². The molecule has 0 atom stereocenters. The van der Waals surface area contributed by atoms with Crippen molar-refractivity contribution in [2.24, 2.45) is 0 Å². The summed E-state index contributed by atoms with van der Waals surface area (Å²) in [5.41, 5.74) is 0.925. The van der Waals surface area contributed by atoms with Gasteiger partial charge in [-0.05, 0) is 62.1 Å². The van der Waals surface area contributed by atoms with Crippen molar-refractivity contribution in [3.63, 3.8) is 0 Å². The molecule has 1 aliphatic rings. The molecule has 1 saturated carbocycles. The molecule has 0 unspecified atom stereocenters. The minimum Gasteiger partial charge on any atom is -0.426 e. The number of amides is 2. The van der Waals surface area contributed by atoms with E-state index in [2.05, 4.69) is 24.4 Å². The smallest absolute Gasteiger partial charge is 0.322 e. The maximum atomic E-state index is 13.4. The summed E-state index contributed by atoms with van der Waals surface area (Å²) in [5.74, 6) is 0.357. The van der Waals surface area contributed by atoms with Crippen LogP contribution in [0.1, 0.15) is 90.9 Å². The van der Waals surface area contributed by atoms with E-state index in [1.54, 1.807) is 11.8 Å². The molecule has 2 aromatic rings. The monoisotopic (exact) mass is 510 g/mol. The minimum absolute atomic E-state index is 0.0179. The van der Waals surface area contributed by atoms with Gasteiger partial charge in [-0.3, -0.25) is 9.69 Å². The summed E-state index contributed by atoms with van der Waals surface area (Å²) < 4.78 is 5.46. The van der Waals surface area contributed by atoms with Gasteiger partial charge >= 0.3 is 12.0 Å². The lowest BCUT2D eigenvalue weighted by molar-refractivity contribution is -0.134. The SMILES string of the molecule is CCCCCCCN(C(=O)NC1CCCCC1)c1cccc(Sc2cccc(OC(=O)CCC)c2)c1. The van der Waals surface area contributed by atoms with Crippen LogP contribution >= 0.6 is 11.8 Å². The van der Waals surface area contributed by atoms with Crippen LogP contribution in [0.25, 0.3) is 0 Å². The second-order valence-electron chi connectivity index (χ2n) is 9.65. The number of hydrogen-bond donors (Lipinski definition) is 1. The first-order valence-electron chi connectivity index (χ1n) is 13.8. The number of ether oxygens (including phenoxy) is 1. The summed E-state index contributed by atoms with van der Waals surface area (Å²) in [4.78, 5) is 29.2. The van der Waals surface area contributed by atoms with Gasteiger partial charge in [0.1, 0.15) is 5.75 Å². The van der Waals surface area contributed by atoms with Crippen molar-refractivity contribution in [2.75, 3.05) is 11.4 Å². The Bertz CT molecular complexity index is 959. The number of nitrogens with zero attached hydrogens (tertiary/aromatic N) is 1. The van der Waals surface area contributed by atoms with Crippen LogP contribution in [-0.2, 0) is 4.79 Å². The van der Waals surface area contributed by atoms with Gasteiger partial charge in [0, 0.05) is 34.5 Å². The number of nitrogens with one attached hydrogen (secondary N) is 1. The maximum Gasteiger partial charge on any atom is 0.322 e. The van der Waals surface area contributed by atoms with Gasteiger partial charge in [-0.2, -0.15) is 0 Å². The largest absolute Gasteiger partial charge is 0.426 e. The van der Waals surface area contributed by atoms with Crippen LogP contribution in [0.3, 0.4) is 0 Å². The first kappa shape index (κ1) is 28.1. The molecule has 6 heteroatoms. The average Bonchev–Trinajstić information content (AvgIpc) is 2.87. The van der Waals surface area contributed by atoms with Crippen LogP contribution in [0.2, 0.25) is 0 Å². The van der Waals surface area contributed by atoms with Gasteiger partial charge < -0.3 is 10.1 Å². The predicted molar refractivity (Wildman–Crippen MR) is 149 cm³/mol. The molecule has 1 aliphatic carbocycles. The number of hydrogen-bond acceptors (Lipinski definition) is 4. The van der Waals surface area contributed by atoms with E-state index in [0.717, 1.165) is 54.1 Å². The normalized spacial score (nSPS) is 13.8. The number of anilines is 1. The van der Waals surface area contributed by atoms with E-state index >= 15 is 0 Å². The van der Waals surface area contributed by atoms with Crippen LogP contribution in [0.15, 0.2) is 58.3 Å². The molecule has 0 bridgehead atoms. The number of unbranched alkanes of at least 4 members (excludes halogenated alkanes) is 4. The predicted octanol–water partition coefficient (Wildman–Crippen LogP) is 8.36. The standard InChI is InChI=1S/C30H42N2O3S/c1-3-5-6-7-11-21-32(30(34)31-24-15-9-8-10-16-24)25-17-12-19-27(22-25)36-28-20-13-18-26(23-28)35-29(33)14-4-2/h12-13,17-20,22-24H,3-11,14-16,21H2,1-2H3,(H,31,34). The molecule has 0 spiro atoms. The highest BCUT2D eigenvalue weighted by Crippen LogP contribution is 2.33. The van der Waals surface area contributed by atoms with Crippen molar-refractivity contribution in [1.29, 1.82) is 0 Å². The lowest BCUT2D eigenvalue weighted by Crippen LogP contribution is -2.46. The Morgan fingerprint density at radius 2 is 1.64 bits per heavy atom. The van der Waals surface area contributed by atoms with Crippen molar-refractivity contribution >= 4 is 29.4 Å². The summed E-state index contributed by atoms with van der Waals surface area (Å²) in [6, 6.07) is 16.1. The molecule has 196 valence electrons. The third kappa shape index (κ3) is 9.53. The summed E-state index contributed by atoms with van der Waals surface area (Å²) >= 11 is 1.61. The maximum absolute atomic E-state index is 13.4. The van der Waals surface area contributed by atoms with Gasteiger partial charge in [-0.1, -0.05) is 82.7 Å². The molecule has 1 N–H and O–H groups in total. The Balaban J connectivity index is 1.70. The Kier molecular flexibility index (Phi) is 12.2. The highest BCUT2D eigenvalue weighted by Gasteiger charge is 2.21. The van der Waals surface area contributed by atoms with E-state index in [-0.39, 0.29) is 18.0 Å². The molecular formula is C30H42N2O3S. The van der Waals surface area contributed by atoms with Crippen LogP contribution in [-0.4, -0.2) is 24.6 Å². The Hall–Kier alpha value is -2.47. The van der Waals surface area contributed by atoms with E-state index in [4.69, 9.17) is 4.74 Å². The second-order valence-corrected chi connectivity index (χ2v) is 10.8. The fraction of sp³-hybridized carbons (Fsp3) is 0.533. The molecule has 36 heavy (non-hydrogen) atoms. The summed E-state index contributed by atoms with van der Waals surface area (Å²) in [6.45, 7) is 4.90. The zero-order chi connectivity index (χ0) is 25.6. The molecular weight excluding hydrogens is 468 g/mol. The van der Waals surface area contributed by atoms with Crippen LogP contribution in [0.4, 0.5) is 10.5 Å². The molecule has 2 aromatic carbocycles. The zero-order valence-electron chi connectivity index (χ0n) is 22.0. The highest BCUT2D eigenvalue weighted by molar-refractivity contribution is 7.99. The Morgan fingerprint density at radius 1 is 0.917 bits per heavy atom. The Labute approximate surface area is 221 Å². The molecule has 5 nitrogen and oxygen atoms in total. The van der Waals surface area contributed by atoms with Crippen molar-refractivity contribution in [1.82, 2.24) is 5.32 Å². The van der Waals surface area contributed by atoms with Crippen molar-refractivity contribution in [3.8, 4) is 5.75 Å². The summed E-state index contributed by atoms with van der Waals surface area (Å²) in [6.07, 6.45) is 12.8. The van der Waals surface area contributed by atoms with Gasteiger partial charge in [0.2, 0.25) is 0 Å². The first-order valence-corrected chi connectivity index (χ1v) is 14.6. The van der Waals surface area contributed by atoms with Crippen LogP contribution < -0.4 is 15.0 Å². The van der Waals surface area contributed by atoms with Crippen LogP contribution in [0.5, 0.6) is 5.75 Å². The topological polar surface area (TPSA) is 58.6 Å².